The molecule has 8 heteroatoms. The maximum Gasteiger partial charge on any atom is 0.241 e. The van der Waals surface area contributed by atoms with Crippen molar-refractivity contribution in [1.29, 1.82) is 0 Å². The zero-order valence-electron chi connectivity index (χ0n) is 19.1. The molecular formula is C24H30N4O3S. The first-order valence-corrected chi connectivity index (χ1v) is 12.1. The van der Waals surface area contributed by atoms with Gasteiger partial charge in [-0.05, 0) is 57.9 Å². The van der Waals surface area contributed by atoms with Gasteiger partial charge in [-0.2, -0.15) is 5.10 Å². The molecule has 2 N–H and O–H groups in total. The van der Waals surface area contributed by atoms with Gasteiger partial charge in [0.25, 0.3) is 0 Å². The van der Waals surface area contributed by atoms with Crippen LogP contribution in [0.3, 0.4) is 0 Å². The monoisotopic (exact) mass is 454 g/mol. The van der Waals surface area contributed by atoms with E-state index in [9.17, 15) is 13.2 Å². The maximum absolute atomic E-state index is 12.7. The fourth-order valence-electron chi connectivity index (χ4n) is 4.03. The number of nitrogens with one attached hydrogen (secondary N) is 2. The Labute approximate surface area is 189 Å². The summed E-state index contributed by atoms with van der Waals surface area (Å²) in [5, 5.41) is 7.37. The van der Waals surface area contributed by atoms with Crippen LogP contribution in [0.5, 0.6) is 0 Å². The normalized spacial score (nSPS) is 12.5. The van der Waals surface area contributed by atoms with Crippen LogP contribution in [0.4, 0.5) is 0 Å². The third-order valence-electron chi connectivity index (χ3n) is 5.41. The molecule has 0 bridgehead atoms. The molecule has 1 heterocycles. The summed E-state index contributed by atoms with van der Waals surface area (Å²) in [5.74, 6) is -0.232. The Morgan fingerprint density at radius 2 is 1.69 bits per heavy atom. The minimum absolute atomic E-state index is 0.0237. The van der Waals surface area contributed by atoms with Gasteiger partial charge in [-0.3, -0.25) is 4.79 Å². The fraction of sp³-hybridized carbons (Fsp3) is 0.333. The molecule has 170 valence electrons. The van der Waals surface area contributed by atoms with Crippen molar-refractivity contribution in [3.63, 3.8) is 0 Å². The molecule has 3 rings (SSSR count). The quantitative estimate of drug-likeness (QED) is 0.543. The third-order valence-corrected chi connectivity index (χ3v) is 7.18. The van der Waals surface area contributed by atoms with Crippen LogP contribution in [0.15, 0.2) is 53.6 Å². The summed E-state index contributed by atoms with van der Waals surface area (Å²) in [6, 6.07) is 13.2. The number of carbonyl (C=O) groups excluding carboxylic acids is 1. The third kappa shape index (κ3) is 5.26. The van der Waals surface area contributed by atoms with E-state index in [1.807, 2.05) is 67.9 Å². The van der Waals surface area contributed by atoms with Crippen molar-refractivity contribution in [2.24, 2.45) is 0 Å². The van der Waals surface area contributed by atoms with Gasteiger partial charge in [-0.15, -0.1) is 0 Å². The van der Waals surface area contributed by atoms with Crippen molar-refractivity contribution >= 4 is 15.9 Å². The number of benzene rings is 2. The number of hydrogen-bond donors (Lipinski definition) is 2. The second-order valence-corrected chi connectivity index (χ2v) is 9.80. The van der Waals surface area contributed by atoms with E-state index in [1.54, 1.807) is 20.0 Å². The SMILES string of the molecule is Cc1cc(C)c(S(=O)(=O)NCCC(=O)NC(C)c2cnn(-c3ccccc3)c2C)c(C)c1. The predicted molar refractivity (Wildman–Crippen MR) is 125 cm³/mol. The molecule has 1 amide bonds. The molecule has 7 nitrogen and oxygen atoms in total. The Bertz CT molecular complexity index is 1190. The lowest BCUT2D eigenvalue weighted by Crippen LogP contribution is -2.32. The van der Waals surface area contributed by atoms with Crippen molar-refractivity contribution < 1.29 is 13.2 Å². The molecule has 3 aromatic rings. The lowest BCUT2D eigenvalue weighted by molar-refractivity contribution is -0.121. The van der Waals surface area contributed by atoms with Gasteiger partial charge in [0.15, 0.2) is 0 Å². The topological polar surface area (TPSA) is 93.1 Å². The molecule has 0 aliphatic carbocycles. The minimum atomic E-state index is -3.69. The number of carbonyl (C=O) groups is 1. The molecular weight excluding hydrogens is 424 g/mol. The number of aromatic nitrogens is 2. The van der Waals surface area contributed by atoms with Gasteiger partial charge in [0, 0.05) is 24.2 Å². The summed E-state index contributed by atoms with van der Waals surface area (Å²) in [7, 11) is -3.69. The lowest BCUT2D eigenvalue weighted by Gasteiger charge is -2.15. The lowest BCUT2D eigenvalue weighted by atomic mass is 10.1. The molecule has 0 aliphatic heterocycles. The van der Waals surface area contributed by atoms with E-state index in [-0.39, 0.29) is 29.8 Å². The van der Waals surface area contributed by atoms with Crippen molar-refractivity contribution in [2.75, 3.05) is 6.54 Å². The van der Waals surface area contributed by atoms with Crippen LogP contribution in [-0.4, -0.2) is 30.7 Å². The summed E-state index contributed by atoms with van der Waals surface area (Å²) in [6.07, 6.45) is 1.79. The van der Waals surface area contributed by atoms with E-state index in [0.29, 0.717) is 11.1 Å². The highest BCUT2D eigenvalue weighted by Crippen LogP contribution is 2.22. The van der Waals surface area contributed by atoms with Crippen LogP contribution in [0.1, 0.15) is 47.3 Å². The average molecular weight is 455 g/mol. The molecule has 1 atom stereocenters. The van der Waals surface area contributed by atoms with Gasteiger partial charge in [0.05, 0.1) is 22.8 Å². The van der Waals surface area contributed by atoms with E-state index >= 15 is 0 Å². The first kappa shape index (κ1) is 23.7. The largest absolute Gasteiger partial charge is 0.349 e. The average Bonchev–Trinajstić information content (AvgIpc) is 3.08. The van der Waals surface area contributed by atoms with Gasteiger partial charge in [-0.1, -0.05) is 35.9 Å². The molecule has 0 saturated carbocycles. The van der Waals surface area contributed by atoms with Gasteiger partial charge in [0.2, 0.25) is 15.9 Å². The van der Waals surface area contributed by atoms with E-state index < -0.39 is 10.0 Å². The first-order valence-electron chi connectivity index (χ1n) is 10.6. The first-order chi connectivity index (χ1) is 15.1. The van der Waals surface area contributed by atoms with Crippen LogP contribution in [0, 0.1) is 27.7 Å². The predicted octanol–water partition coefficient (Wildman–Crippen LogP) is 3.65. The van der Waals surface area contributed by atoms with Gasteiger partial charge >= 0.3 is 0 Å². The highest BCUT2D eigenvalue weighted by atomic mass is 32.2. The molecule has 0 saturated heterocycles. The zero-order valence-corrected chi connectivity index (χ0v) is 20.0. The summed E-state index contributed by atoms with van der Waals surface area (Å²) >= 11 is 0. The molecule has 0 aliphatic rings. The van der Waals surface area contributed by atoms with Crippen molar-refractivity contribution in [2.45, 2.75) is 52.0 Å². The van der Waals surface area contributed by atoms with Crippen LogP contribution in [-0.2, 0) is 14.8 Å². The second-order valence-electron chi connectivity index (χ2n) is 8.10. The zero-order chi connectivity index (χ0) is 23.5. The summed E-state index contributed by atoms with van der Waals surface area (Å²) in [4.78, 5) is 12.7. The maximum atomic E-state index is 12.7. The Morgan fingerprint density at radius 1 is 1.06 bits per heavy atom. The molecule has 32 heavy (non-hydrogen) atoms. The molecule has 2 aromatic carbocycles. The number of para-hydroxylation sites is 1. The summed E-state index contributed by atoms with van der Waals surface area (Å²) < 4.78 is 29.9. The number of rotatable bonds is 8. The second kappa shape index (κ2) is 9.67. The van der Waals surface area contributed by atoms with Crippen LogP contribution >= 0.6 is 0 Å². The van der Waals surface area contributed by atoms with Crippen molar-refractivity contribution in [1.82, 2.24) is 19.8 Å². The Hall–Kier alpha value is -2.97. The molecule has 1 unspecified atom stereocenters. The van der Waals surface area contributed by atoms with E-state index in [0.717, 1.165) is 22.5 Å². The molecule has 0 spiro atoms. The van der Waals surface area contributed by atoms with Crippen LogP contribution in [0.2, 0.25) is 0 Å². The van der Waals surface area contributed by atoms with Gasteiger partial charge in [0.1, 0.15) is 0 Å². The van der Waals surface area contributed by atoms with E-state index in [4.69, 9.17) is 0 Å². The highest BCUT2D eigenvalue weighted by molar-refractivity contribution is 7.89. The minimum Gasteiger partial charge on any atom is -0.349 e. The van der Waals surface area contributed by atoms with Crippen LogP contribution in [0.25, 0.3) is 5.69 Å². The number of amides is 1. The smallest absolute Gasteiger partial charge is 0.241 e. The molecule has 0 radical (unpaired) electrons. The Kier molecular flexibility index (Phi) is 7.16. The Morgan fingerprint density at radius 3 is 2.31 bits per heavy atom. The van der Waals surface area contributed by atoms with E-state index in [2.05, 4.69) is 15.1 Å². The fourth-order valence-corrected chi connectivity index (χ4v) is 5.51. The van der Waals surface area contributed by atoms with Crippen molar-refractivity contribution in [3.05, 3.63) is 76.6 Å². The van der Waals surface area contributed by atoms with Crippen LogP contribution < -0.4 is 10.0 Å². The molecule has 0 fully saturated rings. The van der Waals surface area contributed by atoms with E-state index in [1.165, 1.54) is 0 Å². The summed E-state index contributed by atoms with van der Waals surface area (Å²) in [6.45, 7) is 9.36. The number of sulfonamides is 1. The molecule has 1 aromatic heterocycles. The van der Waals surface area contributed by atoms with Gasteiger partial charge in [-0.25, -0.2) is 17.8 Å². The van der Waals surface area contributed by atoms with Gasteiger partial charge < -0.3 is 5.32 Å². The summed E-state index contributed by atoms with van der Waals surface area (Å²) in [5.41, 5.74) is 5.20. The van der Waals surface area contributed by atoms with Crippen molar-refractivity contribution in [3.8, 4) is 5.69 Å². The standard InChI is InChI=1S/C24H30N4O3S/c1-16-13-17(2)24(18(3)14-16)32(30,31)26-12-11-23(29)27-19(4)22-15-25-28(20(22)5)21-9-7-6-8-10-21/h6-10,13-15,19,26H,11-12H2,1-5H3,(H,27,29). The highest BCUT2D eigenvalue weighted by Gasteiger charge is 2.21. The number of hydrogen-bond acceptors (Lipinski definition) is 4. The Balaban J connectivity index is 1.59. The number of nitrogens with zero attached hydrogens (tertiary/aromatic N) is 2. The number of aryl methyl sites for hydroxylation is 3.